The summed E-state index contributed by atoms with van der Waals surface area (Å²) in [6.07, 6.45) is 4.94. The third kappa shape index (κ3) is 3.77. The molecular weight excluding hydrogens is 298 g/mol. The molecule has 2 aromatic rings. The van der Waals surface area contributed by atoms with Crippen molar-refractivity contribution in [3.8, 4) is 5.75 Å². The minimum Gasteiger partial charge on any atom is -0.497 e. The van der Waals surface area contributed by atoms with Gasteiger partial charge in [-0.2, -0.15) is 0 Å². The first-order chi connectivity index (χ1) is 11.7. The van der Waals surface area contributed by atoms with Crippen LogP contribution in [0.4, 0.5) is 0 Å². The minimum absolute atomic E-state index is 0.343. The van der Waals surface area contributed by atoms with Gasteiger partial charge in [-0.3, -0.25) is 9.88 Å². The van der Waals surface area contributed by atoms with Crippen molar-refractivity contribution < 1.29 is 4.74 Å². The van der Waals surface area contributed by atoms with Crippen LogP contribution in [0, 0.1) is 5.92 Å². The summed E-state index contributed by atoms with van der Waals surface area (Å²) in [6.45, 7) is 4.38. The molecule has 0 radical (unpaired) electrons. The maximum Gasteiger partial charge on any atom is 0.118 e. The number of ether oxygens (including phenoxy) is 1. The van der Waals surface area contributed by atoms with E-state index in [1.165, 1.54) is 17.5 Å². The smallest absolute Gasteiger partial charge is 0.118 e. The number of nitrogens with one attached hydrogen (secondary N) is 1. The zero-order valence-electron chi connectivity index (χ0n) is 14.8. The number of methoxy groups -OCH3 is 1. The zero-order chi connectivity index (χ0) is 16.9. The van der Waals surface area contributed by atoms with E-state index in [2.05, 4.69) is 65.6 Å². The highest BCUT2D eigenvalue weighted by Crippen LogP contribution is 2.36. The first kappa shape index (κ1) is 16.9. The number of aromatic nitrogens is 1. The van der Waals surface area contributed by atoms with Gasteiger partial charge in [0.1, 0.15) is 5.75 Å². The van der Waals surface area contributed by atoms with E-state index in [1.807, 2.05) is 12.4 Å². The summed E-state index contributed by atoms with van der Waals surface area (Å²) in [5, 5.41) is 3.70. The quantitative estimate of drug-likeness (QED) is 0.883. The minimum atomic E-state index is 0.343. The topological polar surface area (TPSA) is 37.4 Å². The Morgan fingerprint density at radius 2 is 1.92 bits per heavy atom. The summed E-state index contributed by atoms with van der Waals surface area (Å²) in [5.74, 6) is 1.54. The summed E-state index contributed by atoms with van der Waals surface area (Å²) in [6, 6.07) is 13.5. The fourth-order valence-corrected chi connectivity index (χ4v) is 3.67. The molecule has 4 heteroatoms. The number of benzene rings is 1. The van der Waals surface area contributed by atoms with E-state index in [-0.39, 0.29) is 0 Å². The molecule has 1 N–H and O–H groups in total. The van der Waals surface area contributed by atoms with Crippen LogP contribution in [0.2, 0.25) is 0 Å². The van der Waals surface area contributed by atoms with Crippen molar-refractivity contribution in [2.45, 2.75) is 25.4 Å². The van der Waals surface area contributed by atoms with E-state index in [0.29, 0.717) is 18.0 Å². The van der Waals surface area contributed by atoms with Gasteiger partial charge in [0, 0.05) is 31.0 Å². The third-order valence-electron chi connectivity index (χ3n) is 5.12. The molecule has 0 amide bonds. The number of hydrogen-bond acceptors (Lipinski definition) is 4. The van der Waals surface area contributed by atoms with E-state index >= 15 is 0 Å². The Kier molecular flexibility index (Phi) is 5.48. The molecule has 128 valence electrons. The Hall–Kier alpha value is -1.91. The molecule has 4 nitrogen and oxygen atoms in total. The largest absolute Gasteiger partial charge is 0.497 e. The van der Waals surface area contributed by atoms with Crippen LogP contribution >= 0.6 is 0 Å². The summed E-state index contributed by atoms with van der Waals surface area (Å²) in [4.78, 5) is 6.56. The highest BCUT2D eigenvalue weighted by atomic mass is 16.5. The highest BCUT2D eigenvalue weighted by molar-refractivity contribution is 5.30. The van der Waals surface area contributed by atoms with Gasteiger partial charge >= 0.3 is 0 Å². The predicted molar refractivity (Wildman–Crippen MR) is 97.1 cm³/mol. The van der Waals surface area contributed by atoms with Crippen LogP contribution in [0.3, 0.4) is 0 Å². The van der Waals surface area contributed by atoms with Gasteiger partial charge in [-0.1, -0.05) is 12.1 Å². The van der Waals surface area contributed by atoms with Crippen molar-refractivity contribution in [2.75, 3.05) is 27.2 Å². The maximum atomic E-state index is 5.28. The second-order valence-corrected chi connectivity index (χ2v) is 6.66. The molecule has 1 saturated heterocycles. The highest BCUT2D eigenvalue weighted by Gasteiger charge is 2.32. The van der Waals surface area contributed by atoms with Crippen LogP contribution in [0.1, 0.15) is 36.6 Å². The fraction of sp³-hybridized carbons (Fsp3) is 0.450. The maximum absolute atomic E-state index is 5.28. The standard InChI is InChI=1S/C20H27N3O/c1-15(16-8-11-21-12-9-16)22-14-18-10-13-23(2)20(18)17-4-6-19(24-3)7-5-17/h4-9,11-12,15,18,20,22H,10,13-14H2,1-3H3. The molecule has 1 aromatic carbocycles. The Morgan fingerprint density at radius 3 is 2.58 bits per heavy atom. The van der Waals surface area contributed by atoms with E-state index in [0.717, 1.165) is 18.8 Å². The molecule has 1 aliphatic rings. The van der Waals surface area contributed by atoms with Gasteiger partial charge in [0.2, 0.25) is 0 Å². The Balaban J connectivity index is 1.65. The molecule has 2 heterocycles. The molecule has 0 bridgehead atoms. The molecule has 0 saturated carbocycles. The van der Waals surface area contributed by atoms with Crippen LogP contribution in [-0.4, -0.2) is 37.1 Å². The Bertz CT molecular complexity index is 629. The molecule has 0 aliphatic carbocycles. The number of pyridine rings is 1. The molecule has 1 aliphatic heterocycles. The van der Waals surface area contributed by atoms with Crippen LogP contribution in [0.25, 0.3) is 0 Å². The molecule has 3 atom stereocenters. The van der Waals surface area contributed by atoms with E-state index < -0.39 is 0 Å². The predicted octanol–water partition coefficient (Wildman–Crippen LogP) is 3.43. The second-order valence-electron chi connectivity index (χ2n) is 6.66. The van der Waals surface area contributed by atoms with Crippen LogP contribution in [0.5, 0.6) is 5.75 Å². The van der Waals surface area contributed by atoms with Crippen molar-refractivity contribution in [3.63, 3.8) is 0 Å². The molecule has 24 heavy (non-hydrogen) atoms. The van der Waals surface area contributed by atoms with Crippen LogP contribution in [-0.2, 0) is 0 Å². The summed E-state index contributed by atoms with van der Waals surface area (Å²) < 4.78 is 5.28. The molecule has 0 spiro atoms. The van der Waals surface area contributed by atoms with Gasteiger partial charge in [0.15, 0.2) is 0 Å². The molecule has 3 unspecified atom stereocenters. The normalized spacial score (nSPS) is 22.5. The van der Waals surface area contributed by atoms with Gasteiger partial charge in [-0.15, -0.1) is 0 Å². The van der Waals surface area contributed by atoms with E-state index in [9.17, 15) is 0 Å². The fourth-order valence-electron chi connectivity index (χ4n) is 3.67. The average Bonchev–Trinajstić information content (AvgIpc) is 3.01. The van der Waals surface area contributed by atoms with Crippen LogP contribution < -0.4 is 10.1 Å². The van der Waals surface area contributed by atoms with Gasteiger partial charge < -0.3 is 10.1 Å². The Labute approximate surface area is 144 Å². The lowest BCUT2D eigenvalue weighted by Crippen LogP contribution is -2.30. The average molecular weight is 325 g/mol. The first-order valence-corrected chi connectivity index (χ1v) is 8.66. The van der Waals surface area contributed by atoms with Gasteiger partial charge in [0.05, 0.1) is 7.11 Å². The molecule has 1 aromatic heterocycles. The van der Waals surface area contributed by atoms with Gasteiger partial charge in [-0.05, 0) is 68.2 Å². The lowest BCUT2D eigenvalue weighted by atomic mass is 9.93. The van der Waals surface area contributed by atoms with Crippen LogP contribution in [0.15, 0.2) is 48.8 Å². The lowest BCUT2D eigenvalue weighted by Gasteiger charge is -2.27. The van der Waals surface area contributed by atoms with Crippen molar-refractivity contribution in [1.82, 2.24) is 15.2 Å². The van der Waals surface area contributed by atoms with Crippen molar-refractivity contribution in [2.24, 2.45) is 5.92 Å². The van der Waals surface area contributed by atoms with E-state index in [1.54, 1.807) is 7.11 Å². The van der Waals surface area contributed by atoms with Crippen molar-refractivity contribution in [3.05, 3.63) is 59.9 Å². The second kappa shape index (κ2) is 7.77. The van der Waals surface area contributed by atoms with E-state index in [4.69, 9.17) is 4.74 Å². The zero-order valence-corrected chi connectivity index (χ0v) is 14.8. The number of likely N-dealkylation sites (tertiary alicyclic amines) is 1. The number of hydrogen-bond donors (Lipinski definition) is 1. The molecule has 3 rings (SSSR count). The number of nitrogens with zero attached hydrogens (tertiary/aromatic N) is 2. The van der Waals surface area contributed by atoms with Crippen molar-refractivity contribution in [1.29, 1.82) is 0 Å². The lowest BCUT2D eigenvalue weighted by molar-refractivity contribution is 0.268. The summed E-state index contributed by atoms with van der Waals surface area (Å²) in [5.41, 5.74) is 2.66. The summed E-state index contributed by atoms with van der Waals surface area (Å²) >= 11 is 0. The van der Waals surface area contributed by atoms with Crippen molar-refractivity contribution >= 4 is 0 Å². The van der Waals surface area contributed by atoms with Gasteiger partial charge in [-0.25, -0.2) is 0 Å². The van der Waals surface area contributed by atoms with Gasteiger partial charge in [0.25, 0.3) is 0 Å². The Morgan fingerprint density at radius 1 is 1.21 bits per heavy atom. The molecule has 1 fully saturated rings. The third-order valence-corrected chi connectivity index (χ3v) is 5.12. The first-order valence-electron chi connectivity index (χ1n) is 8.66. The number of rotatable bonds is 6. The SMILES string of the molecule is COc1ccc(C2C(CNC(C)c3ccncc3)CCN2C)cc1. The summed E-state index contributed by atoms with van der Waals surface area (Å²) in [7, 11) is 3.94. The molecular formula is C20H27N3O. The monoisotopic (exact) mass is 325 g/mol.